The van der Waals surface area contributed by atoms with Gasteiger partial charge in [0.05, 0.1) is 18.5 Å². The van der Waals surface area contributed by atoms with Gasteiger partial charge in [0.25, 0.3) is 0 Å². The number of benzene rings is 1. The normalized spacial score (nSPS) is 17.0. The Labute approximate surface area is 199 Å². The van der Waals surface area contributed by atoms with E-state index in [9.17, 15) is 0 Å². The molecule has 7 heteroatoms. The van der Waals surface area contributed by atoms with Gasteiger partial charge in [-0.1, -0.05) is 13.2 Å². The van der Waals surface area contributed by atoms with Gasteiger partial charge in [-0.3, -0.25) is 9.98 Å². The molecule has 1 saturated carbocycles. The number of nitrogens with zero attached hydrogens (tertiary/aromatic N) is 3. The first-order valence-corrected chi connectivity index (χ1v) is 11.2. The van der Waals surface area contributed by atoms with Crippen molar-refractivity contribution >= 4 is 17.5 Å². The van der Waals surface area contributed by atoms with Crippen molar-refractivity contribution in [1.82, 2.24) is 10.3 Å². The fourth-order valence-electron chi connectivity index (χ4n) is 4.67. The Balaban J connectivity index is 1.82. The summed E-state index contributed by atoms with van der Waals surface area (Å²) in [6.07, 6.45) is 5.27. The van der Waals surface area contributed by atoms with Crippen LogP contribution >= 0.6 is 0 Å². The average Bonchev–Trinajstić information content (AvgIpc) is 3.60. The topological polar surface area (TPSA) is 49.8 Å². The number of hydrogen-bond donors (Lipinski definition) is 1. The second kappa shape index (κ2) is 8.70. The third kappa shape index (κ3) is 3.79. The molecule has 1 aliphatic carbocycles. The van der Waals surface area contributed by atoms with E-state index in [-0.39, 0.29) is 23.4 Å². The molecule has 0 bridgehead atoms. The summed E-state index contributed by atoms with van der Waals surface area (Å²) in [7, 11) is 3.09. The Morgan fingerprint density at radius 2 is 1.97 bits per heavy atom. The number of nitrogens with one attached hydrogen (secondary N) is 1. The lowest BCUT2D eigenvalue weighted by Crippen LogP contribution is -2.36. The first-order chi connectivity index (χ1) is 16.1. The molecule has 5 nitrogen and oxygen atoms in total. The quantitative estimate of drug-likeness (QED) is 0.549. The maximum Gasteiger partial charge on any atom is 0.191 e. The molecular weight excluding hydrogens is 434 g/mol. The van der Waals surface area contributed by atoms with E-state index in [4.69, 9.17) is 4.74 Å². The van der Waals surface area contributed by atoms with Gasteiger partial charge in [0.2, 0.25) is 0 Å². The minimum Gasteiger partial charge on any atom is -0.494 e. The van der Waals surface area contributed by atoms with Gasteiger partial charge in [-0.15, -0.1) is 0 Å². The number of rotatable bonds is 6. The highest BCUT2D eigenvalue weighted by atomic mass is 19.1. The van der Waals surface area contributed by atoms with Crippen LogP contribution in [0.4, 0.5) is 14.5 Å². The molecule has 1 aromatic heterocycles. The summed E-state index contributed by atoms with van der Waals surface area (Å²) in [6.45, 7) is 14.0. The Hall–Kier alpha value is -3.48. The number of aliphatic imine (C=N–C) groups is 1. The van der Waals surface area contributed by atoms with Crippen LogP contribution in [-0.4, -0.2) is 25.4 Å². The molecule has 1 fully saturated rings. The van der Waals surface area contributed by atoms with Gasteiger partial charge in [0.15, 0.2) is 17.4 Å². The van der Waals surface area contributed by atoms with Crippen LogP contribution in [0.3, 0.4) is 0 Å². The highest BCUT2D eigenvalue weighted by molar-refractivity contribution is 5.89. The Morgan fingerprint density at radius 1 is 1.26 bits per heavy atom. The summed E-state index contributed by atoms with van der Waals surface area (Å²) in [6, 6.07) is 3.45. The standard InChI is InChI=1S/C27H30F2N4O/c1-15(2)32-22(13-30-6)17(4)21-11-20-19(12-31-21)14-33(18(5)27(20)8-9-27)26-24(28)16(3)10-23(34-7)25(26)29/h10-13,32H,1,5,8-9,14H2,2-4,6-7H3/b22-17-,30-13?. The van der Waals surface area contributed by atoms with Gasteiger partial charge >= 0.3 is 0 Å². The monoisotopic (exact) mass is 464 g/mol. The molecule has 1 spiro atoms. The van der Waals surface area contributed by atoms with Crippen molar-refractivity contribution in [2.45, 2.75) is 45.6 Å². The molecule has 2 aromatic rings. The maximum atomic E-state index is 15.3. The van der Waals surface area contributed by atoms with Crippen LogP contribution in [0.25, 0.3) is 5.57 Å². The van der Waals surface area contributed by atoms with Crippen molar-refractivity contribution in [1.29, 1.82) is 0 Å². The van der Waals surface area contributed by atoms with Crippen molar-refractivity contribution in [3.05, 3.63) is 82.6 Å². The molecular formula is C27H30F2N4O. The number of hydrogen-bond acceptors (Lipinski definition) is 5. The lowest BCUT2D eigenvalue weighted by molar-refractivity contribution is 0.383. The zero-order chi connectivity index (χ0) is 24.8. The number of fused-ring (bicyclic) bond motifs is 2. The molecule has 0 atom stereocenters. The highest BCUT2D eigenvalue weighted by Crippen LogP contribution is 2.59. The molecule has 0 radical (unpaired) electrons. The first kappa shape index (κ1) is 23.7. The molecule has 178 valence electrons. The van der Waals surface area contributed by atoms with E-state index in [1.807, 2.05) is 13.8 Å². The van der Waals surface area contributed by atoms with E-state index in [1.165, 1.54) is 13.2 Å². The van der Waals surface area contributed by atoms with Crippen molar-refractivity contribution < 1.29 is 13.5 Å². The largest absolute Gasteiger partial charge is 0.494 e. The van der Waals surface area contributed by atoms with Crippen LogP contribution in [0.1, 0.15) is 49.1 Å². The number of ether oxygens (including phenoxy) is 1. The maximum absolute atomic E-state index is 15.3. The number of aryl methyl sites for hydroxylation is 1. The first-order valence-electron chi connectivity index (χ1n) is 11.2. The van der Waals surface area contributed by atoms with Crippen molar-refractivity contribution in [3.8, 4) is 5.75 Å². The van der Waals surface area contributed by atoms with E-state index < -0.39 is 11.6 Å². The highest BCUT2D eigenvalue weighted by Gasteiger charge is 2.53. The molecule has 2 aliphatic rings. The summed E-state index contributed by atoms with van der Waals surface area (Å²) >= 11 is 0. The Kier molecular flexibility index (Phi) is 6.06. The predicted octanol–water partition coefficient (Wildman–Crippen LogP) is 5.80. The molecule has 1 aliphatic heterocycles. The van der Waals surface area contributed by atoms with Crippen molar-refractivity contribution in [3.63, 3.8) is 0 Å². The van der Waals surface area contributed by atoms with E-state index in [0.29, 0.717) is 11.3 Å². The molecule has 34 heavy (non-hydrogen) atoms. The minimum atomic E-state index is -0.719. The number of anilines is 1. The number of allylic oxidation sites excluding steroid dienone is 4. The van der Waals surface area contributed by atoms with Crippen LogP contribution in [-0.2, 0) is 12.0 Å². The van der Waals surface area contributed by atoms with Crippen molar-refractivity contribution in [2.75, 3.05) is 19.1 Å². The smallest absolute Gasteiger partial charge is 0.191 e. The van der Waals surface area contributed by atoms with Crippen LogP contribution in [0.15, 0.2) is 53.6 Å². The average molecular weight is 465 g/mol. The van der Waals surface area contributed by atoms with Crippen LogP contribution in [0.5, 0.6) is 5.75 Å². The van der Waals surface area contributed by atoms with Gasteiger partial charge in [0.1, 0.15) is 5.69 Å². The second-order valence-corrected chi connectivity index (χ2v) is 9.05. The summed E-state index contributed by atoms with van der Waals surface area (Å²) in [5.74, 6) is -1.30. The van der Waals surface area contributed by atoms with Gasteiger partial charge < -0.3 is 15.0 Å². The fourth-order valence-corrected chi connectivity index (χ4v) is 4.67. The van der Waals surface area contributed by atoms with Gasteiger partial charge in [-0.2, -0.15) is 0 Å². The van der Waals surface area contributed by atoms with E-state index >= 15 is 8.78 Å². The summed E-state index contributed by atoms with van der Waals surface area (Å²) in [5.41, 5.74) is 5.94. The summed E-state index contributed by atoms with van der Waals surface area (Å²) in [5, 5.41) is 3.24. The molecule has 0 unspecified atom stereocenters. The van der Waals surface area contributed by atoms with Crippen LogP contribution in [0.2, 0.25) is 0 Å². The lowest BCUT2D eigenvalue weighted by atomic mass is 9.84. The number of aromatic nitrogens is 1. The lowest BCUT2D eigenvalue weighted by Gasteiger charge is -2.39. The Bertz CT molecular complexity index is 1260. The SMILES string of the molecule is C=C(C)N/C(C=NC)=C(/C)c1cc2c(cn1)CN(c1c(F)c(C)cc(OC)c1F)C(=C)C21CC1. The molecule has 2 heterocycles. The zero-order valence-corrected chi connectivity index (χ0v) is 20.4. The van der Waals surface area contributed by atoms with Crippen LogP contribution < -0.4 is 15.0 Å². The number of halogens is 2. The molecule has 1 N–H and O–H groups in total. The summed E-state index contributed by atoms with van der Waals surface area (Å²) in [4.78, 5) is 10.5. The zero-order valence-electron chi connectivity index (χ0n) is 20.4. The van der Waals surface area contributed by atoms with E-state index in [0.717, 1.165) is 46.6 Å². The van der Waals surface area contributed by atoms with Gasteiger partial charge in [-0.25, -0.2) is 8.78 Å². The third-order valence-corrected chi connectivity index (χ3v) is 6.67. The number of methoxy groups -OCH3 is 1. The minimum absolute atomic E-state index is 0.0155. The fraction of sp³-hybridized carbons (Fsp3) is 0.333. The van der Waals surface area contributed by atoms with Crippen LogP contribution in [0, 0.1) is 18.6 Å². The van der Waals surface area contributed by atoms with Gasteiger partial charge in [0, 0.05) is 42.8 Å². The molecule has 0 saturated heterocycles. The molecule has 1 aromatic carbocycles. The third-order valence-electron chi connectivity index (χ3n) is 6.67. The molecule has 0 amide bonds. The summed E-state index contributed by atoms with van der Waals surface area (Å²) < 4.78 is 35.6. The predicted molar refractivity (Wildman–Crippen MR) is 133 cm³/mol. The second-order valence-electron chi connectivity index (χ2n) is 9.05. The van der Waals surface area contributed by atoms with E-state index in [2.05, 4.69) is 34.5 Å². The van der Waals surface area contributed by atoms with Gasteiger partial charge in [-0.05, 0) is 68.0 Å². The number of pyridine rings is 1. The van der Waals surface area contributed by atoms with E-state index in [1.54, 1.807) is 31.3 Å². The molecule has 4 rings (SSSR count). The Morgan fingerprint density at radius 3 is 2.56 bits per heavy atom. The van der Waals surface area contributed by atoms with Crippen molar-refractivity contribution in [2.24, 2.45) is 4.99 Å².